The molecule has 4 heterocycles. The maximum atomic E-state index is 6.87. The predicted octanol–water partition coefficient (Wildman–Crippen LogP) is 13.9. The van der Waals surface area contributed by atoms with Gasteiger partial charge in [0.05, 0.1) is 16.6 Å². The Morgan fingerprint density at radius 1 is 0.404 bits per heavy atom. The lowest BCUT2D eigenvalue weighted by Gasteiger charge is -2.10. The molecule has 0 N–H and O–H groups in total. The van der Waals surface area contributed by atoms with Crippen LogP contribution < -0.4 is 0 Å². The van der Waals surface area contributed by atoms with Crippen molar-refractivity contribution in [3.63, 3.8) is 0 Å². The second-order valence-corrected chi connectivity index (χ2v) is 15.4. The molecule has 0 radical (unpaired) electrons. The maximum absolute atomic E-state index is 6.87. The van der Waals surface area contributed by atoms with Crippen LogP contribution in [0.25, 0.3) is 115 Å². The molecule has 8 aromatic carbocycles. The van der Waals surface area contributed by atoms with Gasteiger partial charge >= 0.3 is 0 Å². The lowest BCUT2D eigenvalue weighted by molar-refractivity contribution is 0.670. The number of benzene rings is 8. The zero-order chi connectivity index (χ0) is 37.5. The van der Waals surface area contributed by atoms with Gasteiger partial charge in [-0.15, -0.1) is 11.3 Å². The molecule has 0 atom stereocenters. The molecule has 0 amide bonds. The number of hydrogen-bond acceptors (Lipinski definition) is 5. The van der Waals surface area contributed by atoms with Crippen LogP contribution in [0.4, 0.5) is 0 Å². The first-order valence-corrected chi connectivity index (χ1v) is 19.8. The molecule has 0 unspecified atom stereocenters. The normalized spacial score (nSPS) is 11.9. The Balaban J connectivity index is 1.09. The molecule has 57 heavy (non-hydrogen) atoms. The smallest absolute Gasteiger partial charge is 0.167 e. The van der Waals surface area contributed by atoms with E-state index in [4.69, 9.17) is 19.4 Å². The Hall–Kier alpha value is -7.41. The van der Waals surface area contributed by atoms with Crippen molar-refractivity contribution < 1.29 is 4.42 Å². The first kappa shape index (κ1) is 31.9. The van der Waals surface area contributed by atoms with Crippen LogP contribution in [0.5, 0.6) is 0 Å². The van der Waals surface area contributed by atoms with E-state index in [2.05, 4.69) is 180 Å². The number of furan rings is 1. The average molecular weight is 747 g/mol. The topological polar surface area (TPSA) is 56.7 Å². The third-order valence-corrected chi connectivity index (χ3v) is 12.2. The first-order chi connectivity index (χ1) is 28.2. The molecular weight excluding hydrogens is 717 g/mol. The van der Waals surface area contributed by atoms with E-state index in [1.807, 2.05) is 6.07 Å². The lowest BCUT2D eigenvalue weighted by atomic mass is 10.0. The van der Waals surface area contributed by atoms with Crippen LogP contribution in [0.1, 0.15) is 0 Å². The minimum Gasteiger partial charge on any atom is -0.455 e. The molecule has 6 heteroatoms. The van der Waals surface area contributed by atoms with Crippen LogP contribution in [-0.2, 0) is 0 Å². The molecule has 12 aromatic rings. The fourth-order valence-electron chi connectivity index (χ4n) is 8.44. The molecule has 0 fully saturated rings. The summed E-state index contributed by atoms with van der Waals surface area (Å²) in [6.45, 7) is 0. The summed E-state index contributed by atoms with van der Waals surface area (Å²) in [6, 6.07) is 63.7. The van der Waals surface area contributed by atoms with E-state index in [9.17, 15) is 0 Å². The van der Waals surface area contributed by atoms with E-state index in [1.54, 1.807) is 11.3 Å². The molecule has 0 saturated carbocycles. The van der Waals surface area contributed by atoms with Crippen molar-refractivity contribution in [2.24, 2.45) is 0 Å². The molecule has 0 bridgehead atoms. The molecule has 12 rings (SSSR count). The maximum Gasteiger partial charge on any atom is 0.167 e. The number of nitrogens with zero attached hydrogens (tertiary/aromatic N) is 4. The summed E-state index contributed by atoms with van der Waals surface area (Å²) < 4.78 is 11.6. The summed E-state index contributed by atoms with van der Waals surface area (Å²) in [4.78, 5) is 15.7. The summed E-state index contributed by atoms with van der Waals surface area (Å²) in [7, 11) is 0. The van der Waals surface area contributed by atoms with Crippen molar-refractivity contribution in [2.75, 3.05) is 0 Å². The summed E-state index contributed by atoms with van der Waals surface area (Å²) in [6.07, 6.45) is 0. The SMILES string of the molecule is c1ccc(-c2ccc(-c3nc(-c4cccc5c4oc4cc6c7ccccc7n(-c7ccccc7)c6cc45)nc(-c4cccc5sc6ccccc6c45)n3)cc2)cc1. The standard InChI is InChI=1S/C51H30N4OS/c1-3-13-31(14-4-1)32-25-27-33(28-26-32)49-52-50(38-20-12-24-46-47(38)37-18-8-10-23-45(37)57-46)54-51(53-49)39-21-11-19-36-41-29-43-40(30-44(41)56-48(36)39)35-17-7-9-22-42(35)55(43)34-15-5-2-6-16-34/h1-30H. The Morgan fingerprint density at radius 3 is 1.86 bits per heavy atom. The van der Waals surface area contributed by atoms with Gasteiger partial charge in [-0.1, -0.05) is 133 Å². The Bertz CT molecular complexity index is 3510. The Kier molecular flexibility index (Phi) is 7.03. The molecule has 0 aliphatic rings. The van der Waals surface area contributed by atoms with Gasteiger partial charge in [0.25, 0.3) is 0 Å². The molecule has 5 nitrogen and oxygen atoms in total. The second kappa shape index (κ2) is 12.6. The zero-order valence-electron chi connectivity index (χ0n) is 30.4. The van der Waals surface area contributed by atoms with Crippen molar-refractivity contribution in [1.82, 2.24) is 19.5 Å². The molecule has 0 spiro atoms. The second-order valence-electron chi connectivity index (χ2n) is 14.4. The minimum absolute atomic E-state index is 0.562. The average Bonchev–Trinajstić information content (AvgIpc) is 3.95. The Labute approximate surface area is 330 Å². The zero-order valence-corrected chi connectivity index (χ0v) is 31.2. The summed E-state index contributed by atoms with van der Waals surface area (Å²) in [5, 5.41) is 6.72. The van der Waals surface area contributed by atoms with Crippen molar-refractivity contribution in [1.29, 1.82) is 0 Å². The van der Waals surface area contributed by atoms with Gasteiger partial charge in [-0.2, -0.15) is 0 Å². The van der Waals surface area contributed by atoms with Gasteiger partial charge in [0.2, 0.25) is 0 Å². The van der Waals surface area contributed by atoms with E-state index in [1.165, 1.54) is 20.2 Å². The van der Waals surface area contributed by atoms with Crippen LogP contribution in [0.2, 0.25) is 0 Å². The van der Waals surface area contributed by atoms with Crippen molar-refractivity contribution in [3.8, 4) is 51.0 Å². The fourth-order valence-corrected chi connectivity index (χ4v) is 9.57. The van der Waals surface area contributed by atoms with Gasteiger partial charge in [-0.3, -0.25) is 0 Å². The van der Waals surface area contributed by atoms with E-state index >= 15 is 0 Å². The van der Waals surface area contributed by atoms with Crippen LogP contribution in [0.15, 0.2) is 186 Å². The van der Waals surface area contributed by atoms with Gasteiger partial charge in [0.15, 0.2) is 17.5 Å². The predicted molar refractivity (Wildman–Crippen MR) is 236 cm³/mol. The summed E-state index contributed by atoms with van der Waals surface area (Å²) >= 11 is 1.79. The van der Waals surface area contributed by atoms with Gasteiger partial charge in [-0.25, -0.2) is 15.0 Å². The van der Waals surface area contributed by atoms with Crippen molar-refractivity contribution in [3.05, 3.63) is 182 Å². The molecule has 266 valence electrons. The molecule has 4 aromatic heterocycles. The highest BCUT2D eigenvalue weighted by Crippen LogP contribution is 2.42. The fraction of sp³-hybridized carbons (Fsp3) is 0. The molecular formula is C51H30N4OS. The minimum atomic E-state index is 0.562. The summed E-state index contributed by atoms with van der Waals surface area (Å²) in [5.74, 6) is 1.79. The Morgan fingerprint density at radius 2 is 1.02 bits per heavy atom. The van der Waals surface area contributed by atoms with Crippen LogP contribution in [0, 0.1) is 0 Å². The molecule has 0 aliphatic heterocycles. The van der Waals surface area contributed by atoms with E-state index in [0.717, 1.165) is 77.2 Å². The number of rotatable bonds is 5. The van der Waals surface area contributed by atoms with Crippen LogP contribution in [0.3, 0.4) is 0 Å². The third-order valence-electron chi connectivity index (χ3n) is 11.1. The number of fused-ring (bicyclic) bond motifs is 9. The van der Waals surface area contributed by atoms with Gasteiger partial charge in [-0.05, 0) is 59.7 Å². The van der Waals surface area contributed by atoms with Crippen molar-refractivity contribution >= 4 is 75.3 Å². The quantitative estimate of drug-likeness (QED) is 0.176. The lowest BCUT2D eigenvalue weighted by Crippen LogP contribution is -2.00. The van der Waals surface area contributed by atoms with E-state index in [-0.39, 0.29) is 0 Å². The van der Waals surface area contributed by atoms with Gasteiger partial charge < -0.3 is 8.98 Å². The third kappa shape index (κ3) is 5.04. The highest BCUT2D eigenvalue weighted by Gasteiger charge is 2.21. The van der Waals surface area contributed by atoms with Crippen molar-refractivity contribution in [2.45, 2.75) is 0 Å². The van der Waals surface area contributed by atoms with Gasteiger partial charge in [0.1, 0.15) is 11.2 Å². The largest absolute Gasteiger partial charge is 0.455 e. The number of thiophene rings is 1. The summed E-state index contributed by atoms with van der Waals surface area (Å²) in [5.41, 5.74) is 9.97. The molecule has 0 aliphatic carbocycles. The number of hydrogen-bond donors (Lipinski definition) is 0. The van der Waals surface area contributed by atoms with Crippen LogP contribution >= 0.6 is 11.3 Å². The monoisotopic (exact) mass is 746 g/mol. The van der Waals surface area contributed by atoms with Gasteiger partial charge in [0, 0.05) is 58.5 Å². The highest BCUT2D eigenvalue weighted by atomic mass is 32.1. The van der Waals surface area contributed by atoms with Crippen LogP contribution in [-0.4, -0.2) is 19.5 Å². The van der Waals surface area contributed by atoms with E-state index in [0.29, 0.717) is 17.5 Å². The van der Waals surface area contributed by atoms with E-state index < -0.39 is 0 Å². The number of aromatic nitrogens is 4. The highest BCUT2D eigenvalue weighted by molar-refractivity contribution is 7.25. The number of para-hydroxylation sites is 3. The molecule has 0 saturated heterocycles. The first-order valence-electron chi connectivity index (χ1n) is 19.0.